The van der Waals surface area contributed by atoms with Crippen LogP contribution >= 0.6 is 35.3 Å². The number of piperazine rings is 1. The largest absolute Gasteiger partial charge is 0.493 e. The third-order valence-corrected chi connectivity index (χ3v) is 9.29. The van der Waals surface area contributed by atoms with E-state index in [9.17, 15) is 17.6 Å². The molecule has 0 spiro atoms. The first kappa shape index (κ1) is 30.8. The first-order valence-corrected chi connectivity index (χ1v) is 15.2. The molecular weight excluding hydrogens is 612 g/mol. The van der Waals surface area contributed by atoms with Crippen molar-refractivity contribution in [1.82, 2.24) is 15.2 Å². The molecule has 1 amide bonds. The fourth-order valence-corrected chi connectivity index (χ4v) is 6.70. The van der Waals surface area contributed by atoms with Gasteiger partial charge in [-0.05, 0) is 54.6 Å². The molecule has 5 rings (SSSR count). The minimum Gasteiger partial charge on any atom is -0.493 e. The Hall–Kier alpha value is -3.16. The summed E-state index contributed by atoms with van der Waals surface area (Å²) in [6.45, 7) is 4.38. The van der Waals surface area contributed by atoms with Gasteiger partial charge >= 0.3 is 0 Å². The summed E-state index contributed by atoms with van der Waals surface area (Å²) in [7, 11) is -2.33. The molecule has 0 aliphatic carbocycles. The molecule has 0 unspecified atom stereocenters. The van der Waals surface area contributed by atoms with E-state index in [1.54, 1.807) is 36.6 Å². The van der Waals surface area contributed by atoms with Crippen LogP contribution in [0, 0.1) is 5.82 Å². The van der Waals surface area contributed by atoms with Crippen LogP contribution in [0.2, 0.25) is 5.02 Å². The lowest BCUT2D eigenvalue weighted by Gasteiger charge is -2.34. The number of thiazole rings is 1. The van der Waals surface area contributed by atoms with Crippen molar-refractivity contribution >= 4 is 72.3 Å². The van der Waals surface area contributed by atoms with E-state index in [4.69, 9.17) is 21.3 Å². The van der Waals surface area contributed by atoms with Gasteiger partial charge in [0.25, 0.3) is 15.9 Å². The molecule has 0 atom stereocenters. The Bertz CT molecular complexity index is 1630. The summed E-state index contributed by atoms with van der Waals surface area (Å²) in [4.78, 5) is 21.9. The van der Waals surface area contributed by atoms with Gasteiger partial charge in [-0.1, -0.05) is 29.0 Å². The topological polar surface area (TPSA) is 104 Å². The van der Waals surface area contributed by atoms with Crippen LogP contribution in [0.25, 0.3) is 10.2 Å². The van der Waals surface area contributed by atoms with E-state index >= 15 is 0 Å². The Balaban J connectivity index is 0.00000387. The van der Waals surface area contributed by atoms with Gasteiger partial charge in [-0.25, -0.2) is 17.8 Å². The van der Waals surface area contributed by atoms with Crippen molar-refractivity contribution in [3.63, 3.8) is 0 Å². The van der Waals surface area contributed by atoms with Crippen molar-refractivity contribution in [2.45, 2.75) is 4.90 Å². The number of nitrogens with zero attached hydrogens (tertiary/aromatic N) is 3. The maximum absolute atomic E-state index is 13.1. The van der Waals surface area contributed by atoms with Gasteiger partial charge in [0, 0.05) is 50.5 Å². The third kappa shape index (κ3) is 7.19. The lowest BCUT2D eigenvalue weighted by Crippen LogP contribution is -2.48. The van der Waals surface area contributed by atoms with Crippen LogP contribution < -0.4 is 19.7 Å². The number of benzene rings is 3. The summed E-state index contributed by atoms with van der Waals surface area (Å²) < 4.78 is 47.2. The summed E-state index contributed by atoms with van der Waals surface area (Å²) in [5, 5.41) is 4.37. The molecule has 2 N–H and O–H groups in total. The van der Waals surface area contributed by atoms with E-state index in [-0.39, 0.29) is 28.9 Å². The van der Waals surface area contributed by atoms with E-state index < -0.39 is 15.8 Å². The maximum Gasteiger partial charge on any atom is 0.261 e. The van der Waals surface area contributed by atoms with Crippen LogP contribution in [-0.4, -0.2) is 70.6 Å². The Labute approximate surface area is 252 Å². The number of amides is 1. The monoisotopic (exact) mass is 639 g/mol. The van der Waals surface area contributed by atoms with Gasteiger partial charge in [0.15, 0.2) is 10.9 Å². The van der Waals surface area contributed by atoms with Gasteiger partial charge in [-0.2, -0.15) is 0 Å². The predicted molar refractivity (Wildman–Crippen MR) is 163 cm³/mol. The van der Waals surface area contributed by atoms with Gasteiger partial charge < -0.3 is 15.0 Å². The first-order chi connectivity index (χ1) is 19.2. The van der Waals surface area contributed by atoms with Crippen LogP contribution in [0.4, 0.5) is 15.2 Å². The molecule has 1 fully saturated rings. The number of methoxy groups -OCH3 is 1. The second-order valence-electron chi connectivity index (χ2n) is 9.15. The zero-order valence-electron chi connectivity index (χ0n) is 22.0. The summed E-state index contributed by atoms with van der Waals surface area (Å²) in [6.07, 6.45) is 0. The number of carbonyl (C=O) groups is 1. The van der Waals surface area contributed by atoms with Crippen molar-refractivity contribution in [2.24, 2.45) is 0 Å². The maximum atomic E-state index is 13.1. The number of carbonyl (C=O) groups excluding carboxylic acids is 1. The zero-order valence-corrected chi connectivity index (χ0v) is 25.2. The Morgan fingerprint density at radius 2 is 1.83 bits per heavy atom. The molecule has 1 aliphatic rings. The number of nitrogens with one attached hydrogen (secondary N) is 2. The van der Waals surface area contributed by atoms with E-state index in [1.165, 1.54) is 18.2 Å². The van der Waals surface area contributed by atoms with Crippen molar-refractivity contribution in [2.75, 3.05) is 56.0 Å². The van der Waals surface area contributed by atoms with Crippen LogP contribution in [0.5, 0.6) is 5.75 Å². The predicted octanol–water partition coefficient (Wildman–Crippen LogP) is 4.87. The molecule has 0 radical (unpaired) electrons. The van der Waals surface area contributed by atoms with Gasteiger partial charge in [0.05, 0.1) is 21.7 Å². The quantitative estimate of drug-likeness (QED) is 0.269. The minimum absolute atomic E-state index is 0. The van der Waals surface area contributed by atoms with Crippen LogP contribution in [0.15, 0.2) is 65.6 Å². The van der Waals surface area contributed by atoms with Gasteiger partial charge in [-0.3, -0.25) is 14.4 Å². The summed E-state index contributed by atoms with van der Waals surface area (Å²) >= 11 is 7.85. The average molecular weight is 641 g/mol. The van der Waals surface area contributed by atoms with Crippen LogP contribution in [0.1, 0.15) is 10.4 Å². The Morgan fingerprint density at radius 3 is 2.54 bits per heavy atom. The molecule has 9 nitrogen and oxygen atoms in total. The van der Waals surface area contributed by atoms with E-state index in [0.29, 0.717) is 29.4 Å². The second-order valence-corrected chi connectivity index (χ2v) is 12.2. The average Bonchev–Trinajstić information content (AvgIpc) is 3.38. The smallest absolute Gasteiger partial charge is 0.261 e. The molecule has 14 heteroatoms. The van der Waals surface area contributed by atoms with Crippen molar-refractivity contribution < 1.29 is 22.3 Å². The summed E-state index contributed by atoms with van der Waals surface area (Å²) in [5.41, 5.74) is 1.34. The van der Waals surface area contributed by atoms with Gasteiger partial charge in [0.1, 0.15) is 11.3 Å². The second kappa shape index (κ2) is 13.2. The number of sulfonamides is 1. The normalized spacial score (nSPS) is 14.0. The van der Waals surface area contributed by atoms with Crippen molar-refractivity contribution in [1.29, 1.82) is 0 Å². The lowest BCUT2D eigenvalue weighted by atomic mass is 10.2. The molecule has 0 saturated carbocycles. The molecule has 4 aromatic rings. The number of aromatic nitrogens is 1. The van der Waals surface area contributed by atoms with E-state index in [0.717, 1.165) is 53.7 Å². The number of halogens is 3. The molecule has 218 valence electrons. The molecule has 1 aromatic heterocycles. The molecule has 1 aliphatic heterocycles. The fourth-order valence-electron chi connectivity index (χ4n) is 4.41. The number of hydrogen-bond acceptors (Lipinski definition) is 8. The van der Waals surface area contributed by atoms with Crippen molar-refractivity contribution in [3.05, 3.63) is 77.1 Å². The van der Waals surface area contributed by atoms with Crippen molar-refractivity contribution in [3.8, 4) is 5.75 Å². The zero-order chi connectivity index (χ0) is 28.3. The van der Waals surface area contributed by atoms with Crippen LogP contribution in [-0.2, 0) is 10.0 Å². The lowest BCUT2D eigenvalue weighted by molar-refractivity contribution is 0.0947. The first-order valence-electron chi connectivity index (χ1n) is 12.5. The molecule has 41 heavy (non-hydrogen) atoms. The van der Waals surface area contributed by atoms with Gasteiger partial charge in [0.2, 0.25) is 0 Å². The van der Waals surface area contributed by atoms with E-state index in [2.05, 4.69) is 19.8 Å². The SMILES string of the molecule is COc1c(Cl)ccc2sc(N3CCN(CCNC(=O)c4cccc(NS(=O)(=O)c5ccc(F)cc5)c4)CC3)nc12.Cl. The standard InChI is InChI=1S/C27H27ClFN5O4S2.ClH/c1-38-25-22(28)9-10-23-24(25)31-27(39-23)34-15-13-33(14-16-34)12-11-30-26(35)18-3-2-4-20(17-18)32-40(36,37)21-7-5-19(29)6-8-21;/h2-10,17,32H,11-16H2,1H3,(H,30,35);1H. The highest BCUT2D eigenvalue weighted by molar-refractivity contribution is 7.92. The number of anilines is 2. The third-order valence-electron chi connectivity index (χ3n) is 6.52. The Morgan fingerprint density at radius 1 is 1.10 bits per heavy atom. The fraction of sp³-hybridized carbons (Fsp3) is 0.259. The Kier molecular flexibility index (Phi) is 9.92. The minimum atomic E-state index is -3.92. The number of hydrogen-bond donors (Lipinski definition) is 2. The number of fused-ring (bicyclic) bond motifs is 1. The summed E-state index contributed by atoms with van der Waals surface area (Å²) in [6, 6.07) is 14.5. The highest BCUT2D eigenvalue weighted by Crippen LogP contribution is 2.38. The highest BCUT2D eigenvalue weighted by atomic mass is 35.5. The number of rotatable bonds is 9. The molecular formula is C27H28Cl2FN5O4S2. The summed E-state index contributed by atoms with van der Waals surface area (Å²) in [5.74, 6) is -0.241. The molecule has 0 bridgehead atoms. The highest BCUT2D eigenvalue weighted by Gasteiger charge is 2.22. The molecule has 1 saturated heterocycles. The van der Waals surface area contributed by atoms with Gasteiger partial charge in [-0.15, -0.1) is 12.4 Å². The molecule has 3 aromatic carbocycles. The molecule has 2 heterocycles. The van der Waals surface area contributed by atoms with E-state index in [1.807, 2.05) is 12.1 Å². The van der Waals surface area contributed by atoms with Crippen LogP contribution in [0.3, 0.4) is 0 Å². The number of ether oxygens (including phenoxy) is 1.